The Morgan fingerprint density at radius 1 is 1.44 bits per heavy atom. The van der Waals surface area contributed by atoms with Gasteiger partial charge in [0.1, 0.15) is 11.2 Å². The Bertz CT molecular complexity index is 299. The van der Waals surface area contributed by atoms with Crippen LogP contribution in [0.5, 0.6) is 0 Å². The highest BCUT2D eigenvalue weighted by Crippen LogP contribution is 2.23. The summed E-state index contributed by atoms with van der Waals surface area (Å²) in [5.41, 5.74) is 3.22. The number of fused-ring (bicyclic) bond motifs is 2. The van der Waals surface area contributed by atoms with Gasteiger partial charge in [-0.3, -0.25) is 0 Å². The van der Waals surface area contributed by atoms with Crippen molar-refractivity contribution < 1.29 is 4.42 Å². The van der Waals surface area contributed by atoms with Crippen molar-refractivity contribution in [2.45, 2.75) is 5.33 Å². The highest BCUT2D eigenvalue weighted by atomic mass is 79.9. The van der Waals surface area contributed by atoms with E-state index in [1.54, 1.807) is 0 Å². The molecular weight excluding hydrogens is 180 g/mol. The number of alkyl halides is 1. The van der Waals surface area contributed by atoms with Crippen molar-refractivity contribution in [3.8, 4) is 0 Å². The monoisotopic (exact) mass is 184 g/mol. The first-order valence-corrected chi connectivity index (χ1v) is 3.89. The van der Waals surface area contributed by atoms with E-state index in [-0.39, 0.29) is 0 Å². The minimum absolute atomic E-state index is 0.885. The molecule has 0 saturated carbocycles. The topological polar surface area (TPSA) is 13.1 Å². The van der Waals surface area contributed by atoms with Gasteiger partial charge in [0.15, 0.2) is 0 Å². The van der Waals surface area contributed by atoms with E-state index in [1.165, 1.54) is 5.56 Å². The lowest BCUT2D eigenvalue weighted by Crippen LogP contribution is -1.68. The van der Waals surface area contributed by atoms with Crippen molar-refractivity contribution in [2.24, 2.45) is 0 Å². The first-order chi connectivity index (χ1) is 4.40. The van der Waals surface area contributed by atoms with Crippen LogP contribution in [0.1, 0.15) is 5.56 Å². The van der Waals surface area contributed by atoms with Crippen molar-refractivity contribution >= 4 is 27.1 Å². The van der Waals surface area contributed by atoms with Crippen LogP contribution in [0.15, 0.2) is 22.6 Å². The average Bonchev–Trinajstić information content (AvgIpc) is 2.45. The molecule has 0 aromatic carbocycles. The summed E-state index contributed by atoms with van der Waals surface area (Å²) in [6.45, 7) is 0. The molecule has 2 heteroatoms. The molecule has 0 amide bonds. The van der Waals surface area contributed by atoms with Crippen LogP contribution in [0.2, 0.25) is 0 Å². The van der Waals surface area contributed by atoms with Gasteiger partial charge in [0.25, 0.3) is 0 Å². The van der Waals surface area contributed by atoms with E-state index < -0.39 is 0 Å². The minimum atomic E-state index is 0.885. The molecule has 46 valence electrons. The van der Waals surface area contributed by atoms with Gasteiger partial charge in [-0.1, -0.05) is 15.9 Å². The molecule has 0 atom stereocenters. The number of rotatable bonds is 1. The Morgan fingerprint density at radius 3 is 2.67 bits per heavy atom. The highest BCUT2D eigenvalue weighted by Gasteiger charge is 2.03. The fraction of sp³-hybridized carbons (Fsp3) is 0.143. The maximum absolute atomic E-state index is 5.28. The van der Waals surface area contributed by atoms with Gasteiger partial charge in [-0.25, -0.2) is 0 Å². The van der Waals surface area contributed by atoms with Crippen LogP contribution in [0, 0.1) is 0 Å². The Hall–Kier alpha value is -0.500. The predicted molar refractivity (Wildman–Crippen MR) is 40.0 cm³/mol. The van der Waals surface area contributed by atoms with Crippen LogP contribution in [0.4, 0.5) is 0 Å². The quantitative estimate of drug-likeness (QED) is 0.622. The number of hydrogen-bond donors (Lipinski definition) is 0. The zero-order valence-corrected chi connectivity index (χ0v) is 6.31. The molecule has 0 N–H and O–H groups in total. The Kier molecular flexibility index (Phi) is 1.02. The molecule has 1 nitrogen and oxygen atoms in total. The van der Waals surface area contributed by atoms with Crippen molar-refractivity contribution in [2.75, 3.05) is 0 Å². The van der Waals surface area contributed by atoms with E-state index in [1.807, 2.05) is 18.2 Å². The second-order valence-corrected chi connectivity index (χ2v) is 2.57. The molecule has 0 spiro atoms. The van der Waals surface area contributed by atoms with Gasteiger partial charge in [-0.2, -0.15) is 0 Å². The van der Waals surface area contributed by atoms with Crippen molar-refractivity contribution in [1.29, 1.82) is 0 Å². The van der Waals surface area contributed by atoms with Crippen LogP contribution in [-0.2, 0) is 5.33 Å². The molecule has 0 aliphatic carbocycles. The summed E-state index contributed by atoms with van der Waals surface area (Å²) in [6, 6.07) is 6.01. The van der Waals surface area contributed by atoms with Crippen molar-refractivity contribution in [3.05, 3.63) is 23.8 Å². The Labute approximate surface area is 61.1 Å². The molecule has 2 heterocycles. The van der Waals surface area contributed by atoms with E-state index in [0.29, 0.717) is 0 Å². The summed E-state index contributed by atoms with van der Waals surface area (Å²) < 4.78 is 5.28. The first kappa shape index (κ1) is 5.30. The average molecular weight is 185 g/mol. The molecule has 2 rings (SSSR count). The van der Waals surface area contributed by atoms with Crippen LogP contribution < -0.4 is 0 Å². The lowest BCUT2D eigenvalue weighted by Gasteiger charge is -1.83. The highest BCUT2D eigenvalue weighted by molar-refractivity contribution is 9.08. The third kappa shape index (κ3) is 0.663. The molecule has 2 bridgehead atoms. The number of halogens is 1. The second kappa shape index (κ2) is 1.74. The lowest BCUT2D eigenvalue weighted by molar-refractivity contribution is 0.673. The van der Waals surface area contributed by atoms with Crippen LogP contribution in [0.25, 0.3) is 11.2 Å². The molecule has 0 saturated heterocycles. The number of hydrogen-bond acceptors (Lipinski definition) is 1. The zero-order valence-electron chi connectivity index (χ0n) is 4.73. The zero-order chi connectivity index (χ0) is 6.27. The summed E-state index contributed by atoms with van der Waals surface area (Å²) in [5, 5.41) is 0.885. The van der Waals surface area contributed by atoms with E-state index in [9.17, 15) is 0 Å². The Morgan fingerprint density at radius 2 is 2.33 bits per heavy atom. The minimum Gasteiger partial charge on any atom is -0.457 e. The largest absolute Gasteiger partial charge is 0.457 e. The first-order valence-electron chi connectivity index (χ1n) is 2.77. The van der Waals surface area contributed by atoms with Gasteiger partial charge in [0.05, 0.1) is 0 Å². The SMILES string of the molecule is BrCc1cc2ccc1o2. The molecule has 0 aliphatic rings. The van der Waals surface area contributed by atoms with E-state index in [4.69, 9.17) is 4.42 Å². The molecule has 0 radical (unpaired) electrons. The van der Waals surface area contributed by atoms with Crippen LogP contribution in [-0.4, -0.2) is 0 Å². The van der Waals surface area contributed by atoms with Gasteiger partial charge < -0.3 is 4.42 Å². The number of benzene rings is 1. The van der Waals surface area contributed by atoms with Gasteiger partial charge in [0, 0.05) is 10.9 Å². The fourth-order valence-electron chi connectivity index (χ4n) is 0.950. The van der Waals surface area contributed by atoms with Crippen molar-refractivity contribution in [1.82, 2.24) is 0 Å². The molecule has 9 heavy (non-hydrogen) atoms. The van der Waals surface area contributed by atoms with Gasteiger partial charge in [-0.15, -0.1) is 0 Å². The van der Waals surface area contributed by atoms with Gasteiger partial charge in [-0.05, 0) is 18.2 Å². The standard InChI is InChI=1S/C7H5BrO/c8-4-5-3-6-1-2-7(5)9-6/h1-3H,4H2. The lowest BCUT2D eigenvalue weighted by atomic mass is 10.2. The molecule has 0 fully saturated rings. The van der Waals surface area contributed by atoms with E-state index in [2.05, 4.69) is 15.9 Å². The predicted octanol–water partition coefficient (Wildman–Crippen LogP) is 2.77. The molecule has 2 aromatic heterocycles. The summed E-state index contributed by atoms with van der Waals surface area (Å²) in [4.78, 5) is 0. The van der Waals surface area contributed by atoms with Crippen molar-refractivity contribution in [3.63, 3.8) is 0 Å². The summed E-state index contributed by atoms with van der Waals surface area (Å²) in [6.07, 6.45) is 0. The van der Waals surface area contributed by atoms with Gasteiger partial charge in [0.2, 0.25) is 0 Å². The molecule has 0 unspecified atom stereocenters. The van der Waals surface area contributed by atoms with Crippen LogP contribution in [0.3, 0.4) is 0 Å². The van der Waals surface area contributed by atoms with Gasteiger partial charge >= 0.3 is 0 Å². The third-order valence-electron chi connectivity index (χ3n) is 1.40. The third-order valence-corrected chi connectivity index (χ3v) is 2.01. The maximum atomic E-state index is 5.28. The molecular formula is C7H5BrO. The Balaban J connectivity index is 2.72. The molecule has 2 aromatic rings. The van der Waals surface area contributed by atoms with E-state index in [0.717, 1.165) is 16.5 Å². The summed E-state index contributed by atoms with van der Waals surface area (Å²) >= 11 is 3.36. The number of furan rings is 2. The molecule has 0 aliphatic heterocycles. The van der Waals surface area contributed by atoms with E-state index >= 15 is 0 Å². The fourth-order valence-corrected chi connectivity index (χ4v) is 1.39. The van der Waals surface area contributed by atoms with Crippen LogP contribution >= 0.6 is 15.9 Å². The normalized spacial score (nSPS) is 11.2. The summed E-state index contributed by atoms with van der Waals surface area (Å²) in [5.74, 6) is 0. The smallest absolute Gasteiger partial charge is 0.131 e. The maximum Gasteiger partial charge on any atom is 0.131 e. The second-order valence-electron chi connectivity index (χ2n) is 2.01. The summed E-state index contributed by atoms with van der Waals surface area (Å²) in [7, 11) is 0.